The van der Waals surface area contributed by atoms with E-state index in [-0.39, 0.29) is 11.7 Å². The topological polar surface area (TPSA) is 157 Å². The Bertz CT molecular complexity index is 1930. The van der Waals surface area contributed by atoms with Crippen molar-refractivity contribution in [1.82, 2.24) is 28.5 Å². The zero-order valence-corrected chi connectivity index (χ0v) is 27.1. The largest absolute Gasteiger partial charge is 0.331 e. The van der Waals surface area contributed by atoms with Gasteiger partial charge < -0.3 is 21.0 Å². The van der Waals surface area contributed by atoms with Crippen LogP contribution < -0.4 is 22.0 Å². The molecular formula is C32H37FN10O2S. The lowest BCUT2D eigenvalue weighted by Crippen LogP contribution is -2.32. The third kappa shape index (κ3) is 6.66. The summed E-state index contributed by atoms with van der Waals surface area (Å²) in [6, 6.07) is 8.22. The van der Waals surface area contributed by atoms with Gasteiger partial charge in [-0.2, -0.15) is 9.47 Å². The molecule has 12 nitrogen and oxygen atoms in total. The van der Waals surface area contributed by atoms with Crippen molar-refractivity contribution < 1.29 is 14.0 Å². The third-order valence-electron chi connectivity index (χ3n) is 7.85. The minimum atomic E-state index is -0.590. The molecule has 0 fully saturated rings. The summed E-state index contributed by atoms with van der Waals surface area (Å²) in [5.41, 5.74) is 6.53. The number of rotatable bonds is 4. The van der Waals surface area contributed by atoms with E-state index in [0.29, 0.717) is 28.2 Å². The molecule has 2 amide bonds. The number of pyridine rings is 3. The van der Waals surface area contributed by atoms with E-state index in [1.54, 1.807) is 24.7 Å². The molecule has 14 heteroatoms. The number of anilines is 2. The summed E-state index contributed by atoms with van der Waals surface area (Å²) in [5.74, 6) is 4.55. The highest BCUT2D eigenvalue weighted by Crippen LogP contribution is 2.34. The van der Waals surface area contributed by atoms with Gasteiger partial charge in [0.15, 0.2) is 22.8 Å². The number of carbonyl (C=O) groups excluding carboxylic acids is 2. The van der Waals surface area contributed by atoms with Crippen molar-refractivity contribution in [2.75, 3.05) is 10.6 Å². The first kappa shape index (κ1) is 32.4. The van der Waals surface area contributed by atoms with Crippen LogP contribution in [0.15, 0.2) is 54.2 Å². The SMILES string of the molecule is CC1CCc2c1cc(C(=O)Nc1ccns1)c1nncn21.CCC.Cn1c2c(cc(C(=O)Nc3ncccc3F)/c1=N/N)CCC2. The summed E-state index contributed by atoms with van der Waals surface area (Å²) in [6.45, 7) is 6.44. The number of nitrogens with one attached hydrogen (secondary N) is 2. The molecule has 2 aliphatic rings. The fourth-order valence-electron chi connectivity index (χ4n) is 5.70. The molecule has 1 unspecified atom stereocenters. The number of carbonyl (C=O) groups is 2. The van der Waals surface area contributed by atoms with Gasteiger partial charge in [-0.1, -0.05) is 27.2 Å². The Morgan fingerprint density at radius 3 is 2.59 bits per heavy atom. The zero-order valence-electron chi connectivity index (χ0n) is 26.2. The summed E-state index contributed by atoms with van der Waals surface area (Å²) in [6.07, 6.45) is 11.0. The Balaban J connectivity index is 0.000000167. The molecule has 0 aliphatic heterocycles. The molecule has 46 heavy (non-hydrogen) atoms. The molecule has 5 aromatic rings. The summed E-state index contributed by atoms with van der Waals surface area (Å²) < 4.78 is 21.4. The molecule has 0 spiro atoms. The van der Waals surface area contributed by atoms with Crippen LogP contribution in [0.1, 0.15) is 89.2 Å². The lowest BCUT2D eigenvalue weighted by Gasteiger charge is -2.12. The Labute approximate surface area is 269 Å². The number of hydrogen-bond donors (Lipinski definition) is 3. The average molecular weight is 645 g/mol. The van der Waals surface area contributed by atoms with Crippen LogP contribution in [0, 0.1) is 5.82 Å². The maximum atomic E-state index is 13.6. The number of nitrogens with two attached hydrogens (primary N) is 1. The number of fused-ring (bicyclic) bond motifs is 4. The Morgan fingerprint density at radius 1 is 1.09 bits per heavy atom. The van der Waals surface area contributed by atoms with E-state index in [9.17, 15) is 14.0 Å². The summed E-state index contributed by atoms with van der Waals surface area (Å²) in [4.78, 5) is 28.8. The van der Waals surface area contributed by atoms with Gasteiger partial charge in [-0.05, 0) is 91.0 Å². The van der Waals surface area contributed by atoms with Crippen LogP contribution in [0.5, 0.6) is 0 Å². The van der Waals surface area contributed by atoms with E-state index < -0.39 is 11.7 Å². The average Bonchev–Trinajstić information content (AvgIpc) is 3.87. The lowest BCUT2D eigenvalue weighted by molar-refractivity contribution is 0.101. The second-order valence-electron chi connectivity index (χ2n) is 11.1. The van der Waals surface area contributed by atoms with Crippen LogP contribution in [0.25, 0.3) is 5.65 Å². The minimum Gasteiger partial charge on any atom is -0.331 e. The first-order valence-electron chi connectivity index (χ1n) is 15.2. The van der Waals surface area contributed by atoms with Crippen LogP contribution in [0.3, 0.4) is 0 Å². The summed E-state index contributed by atoms with van der Waals surface area (Å²) in [7, 11) is 1.83. The highest BCUT2D eigenvalue weighted by atomic mass is 32.1. The third-order valence-corrected chi connectivity index (χ3v) is 8.51. The van der Waals surface area contributed by atoms with Gasteiger partial charge in [-0.15, -0.1) is 10.2 Å². The van der Waals surface area contributed by atoms with E-state index in [2.05, 4.69) is 56.1 Å². The molecule has 5 heterocycles. The van der Waals surface area contributed by atoms with Crippen molar-refractivity contribution in [2.24, 2.45) is 18.0 Å². The second-order valence-corrected chi connectivity index (χ2v) is 12.0. The van der Waals surface area contributed by atoms with Crippen molar-refractivity contribution in [3.05, 3.63) is 94.0 Å². The maximum Gasteiger partial charge on any atom is 0.260 e. The van der Waals surface area contributed by atoms with Gasteiger partial charge >= 0.3 is 0 Å². The van der Waals surface area contributed by atoms with E-state index in [4.69, 9.17) is 5.84 Å². The molecule has 0 saturated heterocycles. The van der Waals surface area contributed by atoms with Crippen LogP contribution in [-0.2, 0) is 26.3 Å². The van der Waals surface area contributed by atoms with Gasteiger partial charge in [0.25, 0.3) is 11.8 Å². The van der Waals surface area contributed by atoms with Gasteiger partial charge in [0, 0.05) is 30.8 Å². The fraction of sp³-hybridized carbons (Fsp3) is 0.344. The Morgan fingerprint density at radius 2 is 1.87 bits per heavy atom. The van der Waals surface area contributed by atoms with Gasteiger partial charge in [0.05, 0.1) is 11.1 Å². The molecule has 240 valence electrons. The number of amides is 2. The van der Waals surface area contributed by atoms with E-state index in [1.807, 2.05) is 22.1 Å². The van der Waals surface area contributed by atoms with E-state index in [0.717, 1.165) is 48.4 Å². The molecule has 4 N–H and O–H groups in total. The van der Waals surface area contributed by atoms with Crippen molar-refractivity contribution in [2.45, 2.75) is 65.2 Å². The van der Waals surface area contributed by atoms with Gasteiger partial charge in [-0.3, -0.25) is 14.0 Å². The summed E-state index contributed by atoms with van der Waals surface area (Å²) in [5, 5.41) is 17.9. The standard InChI is InChI=1S/C15H16FN5O.C14H13N5OS.C3H8/c1-21-12-6-2-4-9(12)8-10(14(21)20-17)15(22)19-13-11(16)5-3-7-18-13;1-8-2-3-11-9(8)6-10(13-18-15-7-19(11)13)14(20)17-12-4-5-16-21-12;1-3-2/h3,5,7-8H,2,4,6,17H2,1H3,(H,18,19,22);4-8H,2-3H2,1H3,(H,17,20);3H2,1-2H3/b20-14-;;. The monoisotopic (exact) mass is 644 g/mol. The van der Waals surface area contributed by atoms with Gasteiger partial charge in [0.2, 0.25) is 0 Å². The van der Waals surface area contributed by atoms with Crippen LogP contribution in [0.4, 0.5) is 15.2 Å². The van der Waals surface area contributed by atoms with Gasteiger partial charge in [0.1, 0.15) is 11.3 Å². The lowest BCUT2D eigenvalue weighted by atomic mass is 10.0. The quantitative estimate of drug-likeness (QED) is 0.184. The second kappa shape index (κ2) is 14.4. The van der Waals surface area contributed by atoms with Crippen molar-refractivity contribution in [3.63, 3.8) is 0 Å². The van der Waals surface area contributed by atoms with Crippen molar-refractivity contribution >= 4 is 39.8 Å². The fourth-order valence-corrected chi connectivity index (χ4v) is 6.19. The molecule has 0 radical (unpaired) electrons. The summed E-state index contributed by atoms with van der Waals surface area (Å²) >= 11 is 1.25. The molecular weight excluding hydrogens is 607 g/mol. The first-order chi connectivity index (χ1) is 22.3. The number of halogens is 1. The Kier molecular flexibility index (Phi) is 10.2. The highest BCUT2D eigenvalue weighted by Gasteiger charge is 2.26. The van der Waals surface area contributed by atoms with Crippen LogP contribution in [-0.4, -0.2) is 40.3 Å². The van der Waals surface area contributed by atoms with Crippen molar-refractivity contribution in [1.29, 1.82) is 0 Å². The zero-order chi connectivity index (χ0) is 32.8. The molecule has 0 aromatic carbocycles. The number of aromatic nitrogens is 6. The molecule has 2 aliphatic carbocycles. The maximum absolute atomic E-state index is 13.6. The van der Waals surface area contributed by atoms with Crippen molar-refractivity contribution in [3.8, 4) is 0 Å². The predicted molar refractivity (Wildman–Crippen MR) is 175 cm³/mol. The first-order valence-corrected chi connectivity index (χ1v) is 16.0. The molecule has 0 bridgehead atoms. The number of aryl methyl sites for hydroxylation is 2. The van der Waals surface area contributed by atoms with Gasteiger partial charge in [-0.25, -0.2) is 9.37 Å². The number of hydrogen-bond acceptors (Lipinski definition) is 9. The van der Waals surface area contributed by atoms with Crippen LogP contribution in [0.2, 0.25) is 0 Å². The normalized spacial score (nSPS) is 14.9. The van der Waals surface area contributed by atoms with Crippen LogP contribution >= 0.6 is 11.5 Å². The van der Waals surface area contributed by atoms with E-state index >= 15 is 0 Å². The smallest absolute Gasteiger partial charge is 0.260 e. The predicted octanol–water partition coefficient (Wildman–Crippen LogP) is 4.98. The molecule has 5 aromatic heterocycles. The molecule has 7 rings (SSSR count). The molecule has 0 saturated carbocycles. The Hall–Kier alpha value is -4.98. The minimum absolute atomic E-state index is 0.112. The highest BCUT2D eigenvalue weighted by molar-refractivity contribution is 7.10. The molecule has 1 atom stereocenters. The number of nitrogens with zero attached hydrogens (tertiary/aromatic N) is 7. The van der Waals surface area contributed by atoms with E-state index in [1.165, 1.54) is 47.5 Å².